The highest BCUT2D eigenvalue weighted by Gasteiger charge is 2.31. The molecule has 108 valence electrons. The maximum atomic E-state index is 12.2. The lowest BCUT2D eigenvalue weighted by Gasteiger charge is -2.25. The number of likely N-dealkylation sites (tertiary alicyclic amines) is 1. The van der Waals surface area contributed by atoms with Gasteiger partial charge in [-0.15, -0.1) is 0 Å². The monoisotopic (exact) mass is 277 g/mol. The van der Waals surface area contributed by atoms with Gasteiger partial charge in [0.1, 0.15) is 6.04 Å². The largest absolute Gasteiger partial charge is 0.347 e. The normalized spacial score (nSPS) is 26.0. The number of nitrogens with one attached hydrogen (secondary N) is 2. The Balaban J connectivity index is 1.99. The molecule has 6 nitrogen and oxygen atoms in total. The molecule has 1 aliphatic heterocycles. The number of carbonyl (C=O) groups is 3. The average molecular weight is 277 g/mol. The van der Waals surface area contributed by atoms with Crippen LogP contribution in [0.2, 0.25) is 0 Å². The fourth-order valence-corrected chi connectivity index (χ4v) is 2.40. The van der Waals surface area contributed by atoms with Crippen molar-refractivity contribution in [1.82, 2.24) is 15.5 Å². The van der Waals surface area contributed by atoms with Gasteiger partial charge in [-0.3, -0.25) is 14.5 Å². The quantitative estimate of drug-likeness (QED) is 0.746. The van der Waals surface area contributed by atoms with Crippen LogP contribution in [0.1, 0.15) is 25.7 Å². The lowest BCUT2D eigenvalue weighted by Crippen LogP contribution is -2.52. The van der Waals surface area contributed by atoms with E-state index < -0.39 is 6.04 Å². The minimum Gasteiger partial charge on any atom is -0.347 e. The van der Waals surface area contributed by atoms with E-state index in [0.29, 0.717) is 19.4 Å². The van der Waals surface area contributed by atoms with E-state index in [1.807, 2.05) is 24.3 Å². The molecule has 4 amide bonds. The molecule has 0 aromatic heterocycles. The molecule has 2 aliphatic rings. The van der Waals surface area contributed by atoms with Gasteiger partial charge in [-0.1, -0.05) is 24.3 Å². The van der Waals surface area contributed by atoms with Crippen molar-refractivity contribution >= 4 is 18.3 Å². The Morgan fingerprint density at radius 2 is 2.20 bits per heavy atom. The molecule has 0 aromatic rings. The average Bonchev–Trinajstić information content (AvgIpc) is 2.63. The number of allylic oxidation sites excluding steroid dienone is 2. The molecule has 0 radical (unpaired) electrons. The van der Waals surface area contributed by atoms with Gasteiger partial charge in [0.2, 0.25) is 6.41 Å². The highest BCUT2D eigenvalue weighted by atomic mass is 16.2. The van der Waals surface area contributed by atoms with E-state index in [2.05, 4.69) is 10.6 Å². The van der Waals surface area contributed by atoms with Crippen LogP contribution in [0.5, 0.6) is 0 Å². The Morgan fingerprint density at radius 1 is 1.35 bits per heavy atom. The topological polar surface area (TPSA) is 78.5 Å². The van der Waals surface area contributed by atoms with Crippen LogP contribution in [0.3, 0.4) is 0 Å². The lowest BCUT2D eigenvalue weighted by atomic mass is 10.1. The van der Waals surface area contributed by atoms with E-state index in [-0.39, 0.29) is 18.0 Å². The number of urea groups is 1. The number of nitrogens with zero attached hydrogens (tertiary/aromatic N) is 1. The first-order valence-corrected chi connectivity index (χ1v) is 6.87. The van der Waals surface area contributed by atoms with Gasteiger partial charge in [0.25, 0.3) is 5.91 Å². The van der Waals surface area contributed by atoms with Crippen molar-refractivity contribution in [3.05, 3.63) is 24.3 Å². The van der Waals surface area contributed by atoms with Crippen molar-refractivity contribution in [2.24, 2.45) is 0 Å². The molecule has 1 fully saturated rings. The third-order valence-corrected chi connectivity index (χ3v) is 3.49. The molecule has 0 bridgehead atoms. The van der Waals surface area contributed by atoms with Gasteiger partial charge in [-0.2, -0.15) is 0 Å². The third-order valence-electron chi connectivity index (χ3n) is 3.49. The number of hydrogen-bond acceptors (Lipinski definition) is 3. The second kappa shape index (κ2) is 6.88. The fourth-order valence-electron chi connectivity index (χ4n) is 2.40. The smallest absolute Gasteiger partial charge is 0.324 e. The molecule has 2 N–H and O–H groups in total. The van der Waals surface area contributed by atoms with Crippen molar-refractivity contribution < 1.29 is 14.4 Å². The second-order valence-corrected chi connectivity index (χ2v) is 4.93. The summed E-state index contributed by atoms with van der Waals surface area (Å²) in [6, 6.07) is -1.07. The first-order valence-electron chi connectivity index (χ1n) is 6.87. The maximum absolute atomic E-state index is 12.2. The Morgan fingerprint density at radius 3 is 2.90 bits per heavy atom. The summed E-state index contributed by atoms with van der Waals surface area (Å²) in [4.78, 5) is 36.2. The maximum Gasteiger partial charge on any atom is 0.324 e. The molecule has 1 unspecified atom stereocenters. The Labute approximate surface area is 117 Å². The predicted octanol–water partition coefficient (Wildman–Crippen LogP) is 0.708. The standard InChI is InChI=1S/C14H19N3O3/c18-10-15-12-8-4-5-9-17(13(12)19)14(20)16-11-6-2-1-3-7-11/h1-3,6,10-12H,4-5,7-9H2,(H,15,18)(H,16,20)/t11?,12-/m0/s1. The van der Waals surface area contributed by atoms with Crippen molar-refractivity contribution in [3.63, 3.8) is 0 Å². The van der Waals surface area contributed by atoms with Crippen molar-refractivity contribution in [3.8, 4) is 0 Å². The summed E-state index contributed by atoms with van der Waals surface area (Å²) < 4.78 is 0. The van der Waals surface area contributed by atoms with Gasteiger partial charge >= 0.3 is 6.03 Å². The van der Waals surface area contributed by atoms with Crippen LogP contribution in [0, 0.1) is 0 Å². The number of amides is 4. The Bertz CT molecular complexity index is 445. The van der Waals surface area contributed by atoms with Crippen LogP contribution >= 0.6 is 0 Å². The zero-order valence-corrected chi connectivity index (χ0v) is 11.2. The minimum absolute atomic E-state index is 0.0824. The highest BCUT2D eigenvalue weighted by Crippen LogP contribution is 2.13. The van der Waals surface area contributed by atoms with Crippen LogP contribution < -0.4 is 10.6 Å². The van der Waals surface area contributed by atoms with Gasteiger partial charge in [-0.25, -0.2) is 4.79 Å². The summed E-state index contributed by atoms with van der Waals surface area (Å²) in [5.74, 6) is -0.331. The zero-order chi connectivity index (χ0) is 14.4. The molecule has 6 heteroatoms. The van der Waals surface area contributed by atoms with Gasteiger partial charge in [0, 0.05) is 6.54 Å². The van der Waals surface area contributed by atoms with E-state index >= 15 is 0 Å². The first kappa shape index (κ1) is 14.3. The number of rotatable bonds is 3. The van der Waals surface area contributed by atoms with Crippen LogP contribution in [-0.2, 0) is 9.59 Å². The van der Waals surface area contributed by atoms with E-state index in [0.717, 1.165) is 19.3 Å². The highest BCUT2D eigenvalue weighted by molar-refractivity contribution is 5.98. The summed E-state index contributed by atoms with van der Waals surface area (Å²) in [5.41, 5.74) is 0. The molecule has 1 heterocycles. The van der Waals surface area contributed by atoms with Crippen molar-refractivity contribution in [2.75, 3.05) is 6.54 Å². The molecule has 20 heavy (non-hydrogen) atoms. The molecule has 1 saturated heterocycles. The summed E-state index contributed by atoms with van der Waals surface area (Å²) in [6.45, 7) is 0.397. The van der Waals surface area contributed by atoms with Crippen LogP contribution in [0.15, 0.2) is 24.3 Å². The van der Waals surface area contributed by atoms with E-state index in [9.17, 15) is 14.4 Å². The van der Waals surface area contributed by atoms with Crippen molar-refractivity contribution in [2.45, 2.75) is 37.8 Å². The molecule has 0 saturated carbocycles. The molecular formula is C14H19N3O3. The Kier molecular flexibility index (Phi) is 4.92. The number of imide groups is 1. The van der Waals surface area contributed by atoms with E-state index in [1.54, 1.807) is 0 Å². The summed E-state index contributed by atoms with van der Waals surface area (Å²) in [5, 5.41) is 5.31. The molecule has 0 aromatic carbocycles. The number of hydrogen-bond donors (Lipinski definition) is 2. The number of carbonyl (C=O) groups excluding carboxylic acids is 3. The molecule has 2 rings (SSSR count). The van der Waals surface area contributed by atoms with E-state index in [4.69, 9.17) is 0 Å². The lowest BCUT2D eigenvalue weighted by molar-refractivity contribution is -0.131. The predicted molar refractivity (Wildman–Crippen MR) is 73.8 cm³/mol. The summed E-state index contributed by atoms with van der Waals surface area (Å²) >= 11 is 0. The summed E-state index contributed by atoms with van der Waals surface area (Å²) in [7, 11) is 0. The SMILES string of the molecule is O=CN[C@H]1CCCCN(C(=O)NC2C=CC=CC2)C1=O. The second-order valence-electron chi connectivity index (χ2n) is 4.93. The molecule has 1 aliphatic carbocycles. The minimum atomic E-state index is -0.595. The fraction of sp³-hybridized carbons (Fsp3) is 0.500. The van der Waals surface area contributed by atoms with Gasteiger partial charge in [0.05, 0.1) is 6.04 Å². The molecule has 0 spiro atoms. The molecular weight excluding hydrogens is 258 g/mol. The third kappa shape index (κ3) is 3.46. The van der Waals surface area contributed by atoms with Crippen LogP contribution in [-0.4, -0.2) is 41.9 Å². The van der Waals surface area contributed by atoms with Crippen LogP contribution in [0.25, 0.3) is 0 Å². The van der Waals surface area contributed by atoms with Crippen LogP contribution in [0.4, 0.5) is 4.79 Å². The zero-order valence-electron chi connectivity index (χ0n) is 11.2. The van der Waals surface area contributed by atoms with Gasteiger partial charge in [0.15, 0.2) is 0 Å². The summed E-state index contributed by atoms with van der Waals surface area (Å²) in [6.07, 6.45) is 11.0. The van der Waals surface area contributed by atoms with Gasteiger partial charge in [-0.05, 0) is 25.7 Å². The van der Waals surface area contributed by atoms with Gasteiger partial charge < -0.3 is 10.6 Å². The Hall–Kier alpha value is -2.11. The first-order chi connectivity index (χ1) is 9.72. The van der Waals surface area contributed by atoms with Crippen molar-refractivity contribution in [1.29, 1.82) is 0 Å². The molecule has 2 atom stereocenters. The van der Waals surface area contributed by atoms with E-state index in [1.165, 1.54) is 4.90 Å².